The van der Waals surface area contributed by atoms with Crippen LogP contribution in [0.15, 0.2) is 29.1 Å². The lowest BCUT2D eigenvalue weighted by atomic mass is 9.49. The van der Waals surface area contributed by atoms with Crippen molar-refractivity contribution >= 4 is 29.2 Å². The number of carbonyl (C=O) groups excluding carboxylic acids is 3. The molecule has 1 aromatic carbocycles. The molecular weight excluding hydrogens is 420 g/mol. The minimum atomic E-state index is -0.626. The summed E-state index contributed by atoms with van der Waals surface area (Å²) in [4.78, 5) is 50.4. The summed E-state index contributed by atoms with van der Waals surface area (Å²) in [6, 6.07) is 6.37. The molecule has 4 aliphatic carbocycles. The van der Waals surface area contributed by atoms with Crippen LogP contribution in [-0.4, -0.2) is 22.3 Å². The van der Waals surface area contributed by atoms with E-state index in [0.717, 1.165) is 30.9 Å². The number of anilines is 2. The van der Waals surface area contributed by atoms with Crippen molar-refractivity contribution < 1.29 is 14.4 Å². The lowest BCUT2D eigenvalue weighted by Crippen LogP contribution is -2.51. The smallest absolute Gasteiger partial charge is 0.262 e. The number of nitrogen functional groups attached to an aromatic ring is 1. The summed E-state index contributed by atoms with van der Waals surface area (Å²) >= 11 is 0. The summed E-state index contributed by atoms with van der Waals surface area (Å²) < 4.78 is 1.21. The number of amides is 3. The lowest BCUT2D eigenvalue weighted by molar-refractivity contribution is -0.140. The lowest BCUT2D eigenvalue weighted by Gasteiger charge is -2.55. The Morgan fingerprint density at radius 3 is 2.30 bits per heavy atom. The maximum atomic E-state index is 13.5. The third-order valence-electron chi connectivity index (χ3n) is 8.20. The molecular formula is C25H26N4O4. The maximum Gasteiger partial charge on any atom is 0.262 e. The van der Waals surface area contributed by atoms with Crippen LogP contribution in [0.1, 0.15) is 64.8 Å². The van der Waals surface area contributed by atoms with E-state index in [1.165, 1.54) is 23.8 Å². The third kappa shape index (κ3) is 2.96. The van der Waals surface area contributed by atoms with Crippen molar-refractivity contribution in [3.8, 4) is 5.69 Å². The Labute approximate surface area is 190 Å². The third-order valence-corrected chi connectivity index (χ3v) is 8.20. The van der Waals surface area contributed by atoms with Gasteiger partial charge in [-0.25, -0.2) is 0 Å². The van der Waals surface area contributed by atoms with Gasteiger partial charge >= 0.3 is 0 Å². The number of nitrogens with two attached hydrogens (primary N) is 1. The highest BCUT2D eigenvalue weighted by molar-refractivity contribution is 6.23. The number of carbonyl (C=O) groups is 3. The largest absolute Gasteiger partial charge is 0.384 e. The molecule has 1 aromatic heterocycles. The molecule has 2 heterocycles. The molecule has 0 atom stereocenters. The van der Waals surface area contributed by atoms with Crippen LogP contribution in [0.2, 0.25) is 0 Å². The quantitative estimate of drug-likeness (QED) is 0.626. The molecule has 0 spiro atoms. The molecule has 4 N–H and O–H groups in total. The van der Waals surface area contributed by atoms with E-state index < -0.39 is 17.4 Å². The Bertz CT molecular complexity index is 1270. The minimum Gasteiger partial charge on any atom is -0.384 e. The first-order valence-corrected chi connectivity index (χ1v) is 11.6. The Kier molecular flexibility index (Phi) is 4.16. The Morgan fingerprint density at radius 2 is 1.67 bits per heavy atom. The Morgan fingerprint density at radius 1 is 1.03 bits per heavy atom. The second kappa shape index (κ2) is 6.79. The average Bonchev–Trinajstić information content (AvgIpc) is 3.02. The van der Waals surface area contributed by atoms with Crippen LogP contribution in [0.5, 0.6) is 0 Å². The molecule has 4 saturated carbocycles. The normalized spacial score (nSPS) is 29.2. The predicted octanol–water partition coefficient (Wildman–Crippen LogP) is 2.77. The Hall–Kier alpha value is -3.42. The van der Waals surface area contributed by atoms with Gasteiger partial charge in [0, 0.05) is 11.8 Å². The van der Waals surface area contributed by atoms with E-state index in [2.05, 4.69) is 10.6 Å². The summed E-state index contributed by atoms with van der Waals surface area (Å²) in [7, 11) is 0. The van der Waals surface area contributed by atoms with Gasteiger partial charge in [0.05, 0.1) is 22.2 Å². The van der Waals surface area contributed by atoms with E-state index in [0.29, 0.717) is 29.1 Å². The van der Waals surface area contributed by atoms with Gasteiger partial charge in [-0.2, -0.15) is 0 Å². The number of imide groups is 1. The van der Waals surface area contributed by atoms with Crippen molar-refractivity contribution in [1.82, 2.24) is 9.88 Å². The molecule has 4 fully saturated rings. The van der Waals surface area contributed by atoms with E-state index in [9.17, 15) is 19.2 Å². The fourth-order valence-electron chi connectivity index (χ4n) is 7.07. The number of fused-ring (bicyclic) bond motifs is 1. The highest BCUT2D eigenvalue weighted by Crippen LogP contribution is 2.60. The van der Waals surface area contributed by atoms with Gasteiger partial charge in [-0.15, -0.1) is 0 Å². The first-order chi connectivity index (χ1) is 15.7. The number of benzene rings is 1. The topological polar surface area (TPSA) is 123 Å². The van der Waals surface area contributed by atoms with Gasteiger partial charge in [0.15, 0.2) is 0 Å². The molecule has 8 nitrogen and oxygen atoms in total. The zero-order valence-electron chi connectivity index (χ0n) is 18.4. The number of hydrogen-bond donors (Lipinski definition) is 3. The predicted molar refractivity (Wildman–Crippen MR) is 122 cm³/mol. The molecule has 8 heteroatoms. The van der Waals surface area contributed by atoms with Crippen LogP contribution in [0.3, 0.4) is 0 Å². The van der Waals surface area contributed by atoms with Gasteiger partial charge in [-0.05, 0) is 80.9 Å². The first-order valence-electron chi connectivity index (χ1n) is 11.6. The number of nitrogens with one attached hydrogen (secondary N) is 2. The Balaban J connectivity index is 1.36. The van der Waals surface area contributed by atoms with Crippen molar-refractivity contribution in [2.45, 2.75) is 45.4 Å². The first kappa shape index (κ1) is 20.2. The molecule has 2 aromatic rings. The van der Waals surface area contributed by atoms with Crippen molar-refractivity contribution in [2.24, 2.45) is 23.2 Å². The second-order valence-electron chi connectivity index (χ2n) is 10.4. The minimum absolute atomic E-state index is 0.000622. The standard InChI is InChI=1S/C25H26N4O4/c1-12-2-3-16(29-19(30)8-17-20(21(29)26)23(32)28-22(17)31)7-18(12)27-24(33)25-9-13-4-14(10-25)6-15(5-13)11-25/h2-3,7-8,13-15H,4-6,9-11,26H2,1H3,(H,27,33)(H,28,31,32). The monoisotopic (exact) mass is 446 g/mol. The number of aryl methyl sites for hydroxylation is 1. The van der Waals surface area contributed by atoms with Gasteiger partial charge in [0.25, 0.3) is 17.4 Å². The van der Waals surface area contributed by atoms with E-state index in [-0.39, 0.29) is 28.3 Å². The van der Waals surface area contributed by atoms with Gasteiger partial charge in [-0.1, -0.05) is 6.07 Å². The van der Waals surface area contributed by atoms with E-state index in [1.54, 1.807) is 12.1 Å². The summed E-state index contributed by atoms with van der Waals surface area (Å²) in [6.45, 7) is 1.90. The maximum absolute atomic E-state index is 13.5. The SMILES string of the molecule is Cc1ccc(-n2c(N)c3c(cc2=O)C(=O)NC3=O)cc1NC(=O)C12CC3CC(CC(C3)C1)C2. The fourth-order valence-corrected chi connectivity index (χ4v) is 7.07. The second-order valence-corrected chi connectivity index (χ2v) is 10.4. The number of hydrogen-bond acceptors (Lipinski definition) is 5. The summed E-state index contributed by atoms with van der Waals surface area (Å²) in [6.07, 6.45) is 6.67. The highest BCUT2D eigenvalue weighted by Gasteiger charge is 2.54. The molecule has 33 heavy (non-hydrogen) atoms. The molecule has 0 saturated heterocycles. The molecule has 1 aliphatic heterocycles. The highest BCUT2D eigenvalue weighted by atomic mass is 16.2. The zero-order valence-corrected chi connectivity index (χ0v) is 18.4. The van der Waals surface area contributed by atoms with Gasteiger partial charge in [-0.3, -0.25) is 29.1 Å². The molecule has 0 radical (unpaired) electrons. The van der Waals surface area contributed by atoms with Crippen LogP contribution < -0.4 is 21.9 Å². The van der Waals surface area contributed by atoms with Gasteiger partial charge in [0.2, 0.25) is 5.91 Å². The molecule has 7 rings (SSSR count). The summed E-state index contributed by atoms with van der Waals surface area (Å²) in [5.41, 5.74) is 7.28. The number of pyridine rings is 1. The number of rotatable bonds is 3. The van der Waals surface area contributed by atoms with Crippen molar-refractivity contribution in [3.05, 3.63) is 51.3 Å². The van der Waals surface area contributed by atoms with Crippen molar-refractivity contribution in [1.29, 1.82) is 0 Å². The van der Waals surface area contributed by atoms with E-state index in [4.69, 9.17) is 5.73 Å². The van der Waals surface area contributed by atoms with Crippen LogP contribution in [0.25, 0.3) is 5.69 Å². The van der Waals surface area contributed by atoms with Gasteiger partial charge in [0.1, 0.15) is 5.82 Å². The van der Waals surface area contributed by atoms with Crippen molar-refractivity contribution in [3.63, 3.8) is 0 Å². The van der Waals surface area contributed by atoms with Crippen LogP contribution in [0.4, 0.5) is 11.5 Å². The van der Waals surface area contributed by atoms with Crippen LogP contribution in [0, 0.1) is 30.1 Å². The van der Waals surface area contributed by atoms with Gasteiger partial charge < -0.3 is 11.1 Å². The number of nitrogens with zero attached hydrogens (tertiary/aromatic N) is 1. The van der Waals surface area contributed by atoms with Crippen LogP contribution in [-0.2, 0) is 4.79 Å². The molecule has 0 unspecified atom stereocenters. The summed E-state index contributed by atoms with van der Waals surface area (Å²) in [5.74, 6) is 0.709. The molecule has 3 amide bonds. The molecule has 5 aliphatic rings. The number of aromatic nitrogens is 1. The van der Waals surface area contributed by atoms with Crippen molar-refractivity contribution in [2.75, 3.05) is 11.1 Å². The zero-order chi connectivity index (χ0) is 23.1. The molecule has 4 bridgehead atoms. The fraction of sp³-hybridized carbons (Fsp3) is 0.440. The van der Waals surface area contributed by atoms with E-state index >= 15 is 0 Å². The average molecular weight is 447 g/mol. The van der Waals surface area contributed by atoms with E-state index in [1.807, 2.05) is 13.0 Å². The summed E-state index contributed by atoms with van der Waals surface area (Å²) in [5, 5.41) is 5.33. The molecule has 170 valence electrons. The van der Waals surface area contributed by atoms with Crippen LogP contribution >= 0.6 is 0 Å².